The SMILES string of the molecule is c1ccc(-c2cc(Oc3nnnn3-c3ccccc3)ccn2)cc1. The first kappa shape index (κ1) is 14.1. The van der Waals surface area contributed by atoms with Crippen LogP contribution in [0, 0.1) is 0 Å². The second-order valence-electron chi connectivity index (χ2n) is 5.05. The van der Waals surface area contributed by atoms with Crippen LogP contribution in [0.3, 0.4) is 0 Å². The standard InChI is InChI=1S/C18H13N5O/c1-3-7-14(8-4-1)17-13-16(11-12-19-17)24-18-20-21-22-23(18)15-9-5-2-6-10-15/h1-13H. The van der Waals surface area contributed by atoms with E-state index in [0.717, 1.165) is 16.9 Å². The summed E-state index contributed by atoms with van der Waals surface area (Å²) in [6.07, 6.45) is 1.70. The van der Waals surface area contributed by atoms with Gasteiger partial charge in [0.1, 0.15) is 5.75 Å². The van der Waals surface area contributed by atoms with E-state index in [-0.39, 0.29) is 0 Å². The first-order valence-corrected chi connectivity index (χ1v) is 7.43. The van der Waals surface area contributed by atoms with Crippen molar-refractivity contribution in [3.63, 3.8) is 0 Å². The lowest BCUT2D eigenvalue weighted by molar-refractivity contribution is 0.427. The Morgan fingerprint density at radius 3 is 2.38 bits per heavy atom. The van der Waals surface area contributed by atoms with Gasteiger partial charge < -0.3 is 4.74 Å². The number of benzene rings is 2. The van der Waals surface area contributed by atoms with E-state index in [0.29, 0.717) is 11.8 Å². The number of nitrogens with zero attached hydrogens (tertiary/aromatic N) is 5. The Morgan fingerprint density at radius 2 is 1.58 bits per heavy atom. The number of pyridine rings is 1. The summed E-state index contributed by atoms with van der Waals surface area (Å²) in [6, 6.07) is 23.4. The average Bonchev–Trinajstić information content (AvgIpc) is 3.11. The summed E-state index contributed by atoms with van der Waals surface area (Å²) in [5.74, 6) is 0.621. The van der Waals surface area contributed by atoms with Gasteiger partial charge in [0.25, 0.3) is 0 Å². The highest BCUT2D eigenvalue weighted by molar-refractivity contribution is 5.60. The minimum Gasteiger partial charge on any atom is -0.423 e. The predicted octanol–water partition coefficient (Wildman–Crippen LogP) is 3.52. The van der Waals surface area contributed by atoms with Crippen LogP contribution in [0.15, 0.2) is 79.0 Å². The summed E-state index contributed by atoms with van der Waals surface area (Å²) in [7, 11) is 0. The molecule has 0 aliphatic heterocycles. The summed E-state index contributed by atoms with van der Waals surface area (Å²) in [4.78, 5) is 4.38. The molecule has 24 heavy (non-hydrogen) atoms. The van der Waals surface area contributed by atoms with Crippen molar-refractivity contribution in [1.29, 1.82) is 0 Å². The van der Waals surface area contributed by atoms with Gasteiger partial charge in [-0.2, -0.15) is 4.68 Å². The lowest BCUT2D eigenvalue weighted by Gasteiger charge is -2.07. The largest absolute Gasteiger partial charge is 0.423 e. The number of rotatable bonds is 4. The molecule has 2 heterocycles. The average molecular weight is 315 g/mol. The molecule has 0 N–H and O–H groups in total. The normalized spacial score (nSPS) is 10.5. The van der Waals surface area contributed by atoms with E-state index in [1.54, 1.807) is 16.9 Å². The Morgan fingerprint density at radius 1 is 0.833 bits per heavy atom. The van der Waals surface area contributed by atoms with E-state index in [2.05, 4.69) is 20.5 Å². The summed E-state index contributed by atoms with van der Waals surface area (Å²) in [5, 5.41) is 11.6. The van der Waals surface area contributed by atoms with Crippen LogP contribution in [-0.4, -0.2) is 25.2 Å². The van der Waals surface area contributed by atoms with Crippen molar-refractivity contribution in [1.82, 2.24) is 25.2 Å². The Hall–Kier alpha value is -3.54. The van der Waals surface area contributed by atoms with Crippen LogP contribution in [0.4, 0.5) is 0 Å². The highest BCUT2D eigenvalue weighted by Gasteiger charge is 2.11. The van der Waals surface area contributed by atoms with E-state index in [4.69, 9.17) is 4.74 Å². The van der Waals surface area contributed by atoms with Crippen LogP contribution in [0.1, 0.15) is 0 Å². The van der Waals surface area contributed by atoms with Crippen molar-refractivity contribution in [2.45, 2.75) is 0 Å². The molecule has 0 atom stereocenters. The smallest absolute Gasteiger partial charge is 0.345 e. The van der Waals surface area contributed by atoms with Crippen molar-refractivity contribution < 1.29 is 4.74 Å². The maximum Gasteiger partial charge on any atom is 0.345 e. The van der Waals surface area contributed by atoms with Crippen LogP contribution < -0.4 is 4.74 Å². The third-order valence-electron chi connectivity index (χ3n) is 3.45. The van der Waals surface area contributed by atoms with Gasteiger partial charge in [-0.3, -0.25) is 4.98 Å². The maximum absolute atomic E-state index is 5.85. The van der Waals surface area contributed by atoms with Gasteiger partial charge in [0.2, 0.25) is 0 Å². The fraction of sp³-hybridized carbons (Fsp3) is 0. The number of hydrogen-bond acceptors (Lipinski definition) is 5. The molecule has 0 amide bonds. The minimum absolute atomic E-state index is 0.298. The first-order chi connectivity index (χ1) is 11.9. The zero-order valence-electron chi connectivity index (χ0n) is 12.6. The molecule has 0 saturated carbocycles. The van der Waals surface area contributed by atoms with Crippen molar-refractivity contribution in [3.8, 4) is 28.7 Å². The monoisotopic (exact) mass is 315 g/mol. The molecule has 0 unspecified atom stereocenters. The lowest BCUT2D eigenvalue weighted by atomic mass is 10.1. The molecule has 0 fully saturated rings. The third-order valence-corrected chi connectivity index (χ3v) is 3.45. The lowest BCUT2D eigenvalue weighted by Crippen LogP contribution is -2.00. The molecule has 4 rings (SSSR count). The fourth-order valence-electron chi connectivity index (χ4n) is 2.32. The first-order valence-electron chi connectivity index (χ1n) is 7.43. The van der Waals surface area contributed by atoms with Crippen molar-refractivity contribution in [3.05, 3.63) is 79.0 Å². The number of ether oxygens (including phenoxy) is 1. The zero-order valence-corrected chi connectivity index (χ0v) is 12.6. The number of aromatic nitrogens is 5. The minimum atomic E-state index is 0.298. The summed E-state index contributed by atoms with van der Waals surface area (Å²) in [6.45, 7) is 0. The fourth-order valence-corrected chi connectivity index (χ4v) is 2.32. The second kappa shape index (κ2) is 6.29. The number of para-hydroxylation sites is 1. The molecule has 0 aliphatic rings. The van der Waals surface area contributed by atoms with Gasteiger partial charge >= 0.3 is 6.01 Å². The van der Waals surface area contributed by atoms with E-state index < -0.39 is 0 Å². The van der Waals surface area contributed by atoms with Gasteiger partial charge in [-0.15, -0.1) is 0 Å². The summed E-state index contributed by atoms with van der Waals surface area (Å²) >= 11 is 0. The van der Waals surface area contributed by atoms with Gasteiger partial charge in [0.05, 0.1) is 11.4 Å². The van der Waals surface area contributed by atoms with Gasteiger partial charge in [0, 0.05) is 17.8 Å². The Kier molecular flexibility index (Phi) is 3.69. The van der Waals surface area contributed by atoms with Crippen LogP contribution in [-0.2, 0) is 0 Å². The van der Waals surface area contributed by atoms with Gasteiger partial charge in [-0.05, 0) is 28.6 Å². The quantitative estimate of drug-likeness (QED) is 0.576. The topological polar surface area (TPSA) is 65.7 Å². The molecule has 4 aromatic rings. The van der Waals surface area contributed by atoms with Crippen LogP contribution in [0.5, 0.6) is 11.8 Å². The molecular weight excluding hydrogens is 302 g/mol. The second-order valence-corrected chi connectivity index (χ2v) is 5.05. The molecule has 0 saturated heterocycles. The van der Waals surface area contributed by atoms with Gasteiger partial charge in [-0.25, -0.2) is 0 Å². The van der Waals surface area contributed by atoms with Crippen LogP contribution in [0.25, 0.3) is 16.9 Å². The van der Waals surface area contributed by atoms with E-state index >= 15 is 0 Å². The molecule has 6 heteroatoms. The maximum atomic E-state index is 5.85. The zero-order chi connectivity index (χ0) is 16.2. The molecule has 0 bridgehead atoms. The molecule has 0 aliphatic carbocycles. The molecule has 0 spiro atoms. The molecule has 116 valence electrons. The third kappa shape index (κ3) is 2.85. The van der Waals surface area contributed by atoms with Crippen molar-refractivity contribution >= 4 is 0 Å². The van der Waals surface area contributed by atoms with Crippen molar-refractivity contribution in [2.75, 3.05) is 0 Å². The molecular formula is C18H13N5O. The molecule has 2 aromatic heterocycles. The van der Waals surface area contributed by atoms with E-state index in [1.807, 2.05) is 66.7 Å². The summed E-state index contributed by atoms with van der Waals surface area (Å²) < 4.78 is 7.40. The highest BCUT2D eigenvalue weighted by Crippen LogP contribution is 2.25. The Balaban J connectivity index is 1.65. The van der Waals surface area contributed by atoms with E-state index in [1.165, 1.54) is 0 Å². The molecule has 6 nitrogen and oxygen atoms in total. The van der Waals surface area contributed by atoms with Gasteiger partial charge in [-0.1, -0.05) is 53.6 Å². The highest BCUT2D eigenvalue weighted by atomic mass is 16.5. The van der Waals surface area contributed by atoms with Gasteiger partial charge in [0.15, 0.2) is 0 Å². The predicted molar refractivity (Wildman–Crippen MR) is 88.9 cm³/mol. The molecule has 0 radical (unpaired) electrons. The number of tetrazole rings is 1. The molecule has 2 aromatic carbocycles. The van der Waals surface area contributed by atoms with E-state index in [9.17, 15) is 0 Å². The Labute approximate surface area is 138 Å². The van der Waals surface area contributed by atoms with Crippen LogP contribution in [0.2, 0.25) is 0 Å². The van der Waals surface area contributed by atoms with Crippen LogP contribution >= 0.6 is 0 Å². The Bertz CT molecular complexity index is 938. The van der Waals surface area contributed by atoms with Crippen molar-refractivity contribution in [2.24, 2.45) is 0 Å². The number of hydrogen-bond donors (Lipinski definition) is 0. The summed E-state index contributed by atoms with van der Waals surface area (Å²) in [5.41, 5.74) is 2.67.